The highest BCUT2D eigenvalue weighted by Gasteiger charge is 2.42. The fraction of sp³-hybridized carbons (Fsp3) is 0.633. The third kappa shape index (κ3) is 6.88. The summed E-state index contributed by atoms with van der Waals surface area (Å²) < 4.78 is 0. The second-order valence-electron chi connectivity index (χ2n) is 9.76. The first kappa shape index (κ1) is 27.0. The van der Waals surface area contributed by atoms with Gasteiger partial charge in [0, 0.05) is 25.6 Å². The predicted octanol–water partition coefficient (Wildman–Crippen LogP) is 5.60. The van der Waals surface area contributed by atoms with Crippen LogP contribution in [0.5, 0.6) is 0 Å². The third-order valence-corrected chi connectivity index (χ3v) is 8.07. The average molecular weight is 449 g/mol. The van der Waals surface area contributed by atoms with Crippen LogP contribution in [0.3, 0.4) is 0 Å². The van der Waals surface area contributed by atoms with Crippen molar-refractivity contribution in [1.82, 2.24) is 9.80 Å². The van der Waals surface area contributed by atoms with Gasteiger partial charge in [0.25, 0.3) is 0 Å². The van der Waals surface area contributed by atoms with E-state index in [2.05, 4.69) is 73.6 Å². The number of carbonyl (C=O) groups excluding carboxylic acids is 1. The first-order valence-electron chi connectivity index (χ1n) is 13.0. The number of benzene rings is 1. The highest BCUT2D eigenvalue weighted by atomic mass is 16.2. The summed E-state index contributed by atoms with van der Waals surface area (Å²) in [5.74, 6) is 2.66. The molecule has 3 heteroatoms. The highest BCUT2D eigenvalue weighted by molar-refractivity contribution is 5.79. The largest absolute Gasteiger partial charge is 0.342 e. The van der Waals surface area contributed by atoms with E-state index in [0.717, 1.165) is 25.9 Å². The first-order valence-corrected chi connectivity index (χ1v) is 13.0. The number of likely N-dealkylation sites (tertiary alicyclic amines) is 2. The van der Waals surface area contributed by atoms with Gasteiger partial charge in [0.1, 0.15) is 0 Å². The van der Waals surface area contributed by atoms with Gasteiger partial charge < -0.3 is 9.80 Å². The van der Waals surface area contributed by atoms with Gasteiger partial charge in [-0.2, -0.15) is 0 Å². The fourth-order valence-corrected chi connectivity index (χ4v) is 6.19. The Morgan fingerprint density at radius 3 is 2.18 bits per heavy atom. The average Bonchev–Trinajstić information content (AvgIpc) is 3.56. The molecule has 0 bridgehead atoms. The van der Waals surface area contributed by atoms with Crippen LogP contribution < -0.4 is 0 Å². The zero-order chi connectivity index (χ0) is 24.2. The molecule has 33 heavy (non-hydrogen) atoms. The van der Waals surface area contributed by atoms with Crippen molar-refractivity contribution in [3.63, 3.8) is 0 Å². The molecule has 4 rings (SSSR count). The molecule has 0 radical (unpaired) electrons. The lowest BCUT2D eigenvalue weighted by Gasteiger charge is -2.33. The first-order chi connectivity index (χ1) is 16.2. The Morgan fingerprint density at radius 1 is 0.939 bits per heavy atom. The minimum Gasteiger partial charge on any atom is -0.342 e. The van der Waals surface area contributed by atoms with Crippen molar-refractivity contribution >= 4 is 5.91 Å². The van der Waals surface area contributed by atoms with Crippen molar-refractivity contribution in [3.05, 3.63) is 35.4 Å². The van der Waals surface area contributed by atoms with Crippen molar-refractivity contribution in [2.45, 2.75) is 71.1 Å². The van der Waals surface area contributed by atoms with Gasteiger partial charge in [-0.1, -0.05) is 44.5 Å². The number of rotatable bonds is 7. The zero-order valence-corrected chi connectivity index (χ0v) is 20.9. The van der Waals surface area contributed by atoms with Gasteiger partial charge in [0.05, 0.1) is 0 Å². The van der Waals surface area contributed by atoms with Crippen LogP contribution in [-0.4, -0.2) is 48.4 Å². The molecule has 0 aromatic heterocycles. The van der Waals surface area contributed by atoms with E-state index in [9.17, 15) is 4.79 Å². The highest BCUT2D eigenvalue weighted by Crippen LogP contribution is 2.45. The summed E-state index contributed by atoms with van der Waals surface area (Å²) >= 11 is 0. The van der Waals surface area contributed by atoms with Crippen molar-refractivity contribution in [2.24, 2.45) is 17.8 Å². The Labute approximate surface area is 203 Å². The molecular formula is C30H44N2O. The molecule has 1 aromatic carbocycles. The summed E-state index contributed by atoms with van der Waals surface area (Å²) in [6.07, 6.45) is 25.8. The smallest absolute Gasteiger partial charge is 0.225 e. The molecule has 3 nitrogen and oxygen atoms in total. The predicted molar refractivity (Wildman–Crippen MR) is 140 cm³/mol. The Kier molecular flexibility index (Phi) is 11.6. The summed E-state index contributed by atoms with van der Waals surface area (Å²) in [5.41, 5.74) is 2.99. The van der Waals surface area contributed by atoms with Crippen LogP contribution in [0.25, 0.3) is 0 Å². The molecule has 3 unspecified atom stereocenters. The lowest BCUT2D eigenvalue weighted by Crippen LogP contribution is -2.34. The van der Waals surface area contributed by atoms with Gasteiger partial charge in [-0.3, -0.25) is 4.79 Å². The van der Waals surface area contributed by atoms with Gasteiger partial charge in [-0.25, -0.2) is 0 Å². The van der Waals surface area contributed by atoms with E-state index in [1.807, 2.05) is 0 Å². The number of fused-ring (bicyclic) bond motifs is 1. The quantitative estimate of drug-likeness (QED) is 0.507. The van der Waals surface area contributed by atoms with E-state index >= 15 is 0 Å². The lowest BCUT2D eigenvalue weighted by molar-refractivity contribution is -0.134. The topological polar surface area (TPSA) is 23.6 Å². The molecule has 2 saturated heterocycles. The molecule has 2 heterocycles. The maximum absolute atomic E-state index is 12.9. The number of carbonyl (C=O) groups is 1. The van der Waals surface area contributed by atoms with E-state index in [1.54, 1.807) is 0 Å². The Hall–Kier alpha value is -2.23. The number of hydrogen-bond donors (Lipinski definition) is 0. The van der Waals surface area contributed by atoms with Crippen LogP contribution in [0.15, 0.2) is 24.3 Å². The maximum Gasteiger partial charge on any atom is 0.225 e. The molecule has 2 aliphatic heterocycles. The van der Waals surface area contributed by atoms with Crippen LogP contribution in [0.4, 0.5) is 0 Å². The maximum atomic E-state index is 12.9. The van der Waals surface area contributed by atoms with Crippen LogP contribution >= 0.6 is 0 Å². The standard InChI is InChI=1S/C26H40N2O.2C2H2/c1-3-21(4-2)26(29)28-18-23-8-7-9-24(25(23)19-28)22-12-10-20(11-13-22)14-17-27-15-5-6-16-27;2*1-2/h10-13,21,23-25H,3-9,14-19H2,1-2H3;2*1-2H. The lowest BCUT2D eigenvalue weighted by atomic mass is 9.71. The second-order valence-corrected chi connectivity index (χ2v) is 9.76. The van der Waals surface area contributed by atoms with Crippen LogP contribution in [-0.2, 0) is 11.2 Å². The van der Waals surface area contributed by atoms with Crippen LogP contribution in [0.1, 0.15) is 75.8 Å². The Bertz CT molecular complexity index is 734. The molecule has 0 N–H and O–H groups in total. The number of terminal acetylenes is 2. The monoisotopic (exact) mass is 448 g/mol. The summed E-state index contributed by atoms with van der Waals surface area (Å²) in [4.78, 5) is 17.8. The number of hydrogen-bond acceptors (Lipinski definition) is 2. The molecule has 3 aliphatic rings. The SMILES string of the molecule is C#C.C#C.CCC(CC)C(=O)N1CC2CCCC(c3ccc(CCN4CCCC4)cc3)C2C1. The number of nitrogens with zero attached hydrogens (tertiary/aromatic N) is 2. The molecule has 0 spiro atoms. The van der Waals surface area contributed by atoms with E-state index in [-0.39, 0.29) is 5.92 Å². The third-order valence-electron chi connectivity index (χ3n) is 8.07. The Morgan fingerprint density at radius 2 is 1.58 bits per heavy atom. The Balaban J connectivity index is 0.000000914. The summed E-state index contributed by atoms with van der Waals surface area (Å²) in [6.45, 7) is 10.1. The molecule has 3 fully saturated rings. The minimum absolute atomic E-state index is 0.225. The second kappa shape index (κ2) is 14.1. The van der Waals surface area contributed by atoms with Crippen molar-refractivity contribution in [2.75, 3.05) is 32.7 Å². The molecule has 1 aromatic rings. The minimum atomic E-state index is 0.225. The van der Waals surface area contributed by atoms with E-state index in [0.29, 0.717) is 23.7 Å². The summed E-state index contributed by atoms with van der Waals surface area (Å²) in [6, 6.07) is 9.55. The molecule has 3 atom stereocenters. The van der Waals surface area contributed by atoms with Crippen molar-refractivity contribution in [3.8, 4) is 25.7 Å². The van der Waals surface area contributed by atoms with E-state index in [4.69, 9.17) is 0 Å². The van der Waals surface area contributed by atoms with Gasteiger partial charge in [-0.05, 0) is 86.9 Å². The fourth-order valence-electron chi connectivity index (χ4n) is 6.19. The van der Waals surface area contributed by atoms with E-state index in [1.165, 1.54) is 69.3 Å². The molecular weight excluding hydrogens is 404 g/mol. The van der Waals surface area contributed by atoms with Crippen LogP contribution in [0, 0.1) is 43.4 Å². The van der Waals surface area contributed by atoms with E-state index < -0.39 is 0 Å². The van der Waals surface area contributed by atoms with Crippen LogP contribution in [0.2, 0.25) is 0 Å². The molecule has 1 amide bonds. The zero-order valence-electron chi connectivity index (χ0n) is 20.9. The summed E-state index contributed by atoms with van der Waals surface area (Å²) in [7, 11) is 0. The number of amides is 1. The van der Waals surface area contributed by atoms with Gasteiger partial charge in [-0.15, -0.1) is 25.7 Å². The van der Waals surface area contributed by atoms with Gasteiger partial charge in [0.15, 0.2) is 0 Å². The van der Waals surface area contributed by atoms with Gasteiger partial charge >= 0.3 is 0 Å². The molecule has 1 aliphatic carbocycles. The normalized spacial score (nSPS) is 24.3. The molecule has 1 saturated carbocycles. The van der Waals surface area contributed by atoms with Crippen molar-refractivity contribution < 1.29 is 4.79 Å². The van der Waals surface area contributed by atoms with Crippen molar-refractivity contribution in [1.29, 1.82) is 0 Å². The molecule has 180 valence electrons. The summed E-state index contributed by atoms with van der Waals surface area (Å²) in [5, 5.41) is 0. The van der Waals surface area contributed by atoms with Gasteiger partial charge in [0.2, 0.25) is 5.91 Å².